The highest BCUT2D eigenvalue weighted by atomic mass is 16.7. The maximum Gasteiger partial charge on any atom is 0.186 e. The van der Waals surface area contributed by atoms with Gasteiger partial charge in [-0.1, -0.05) is 39.3 Å². The molecule has 0 radical (unpaired) electrons. The third kappa shape index (κ3) is 4.21. The van der Waals surface area contributed by atoms with Gasteiger partial charge in [0.2, 0.25) is 0 Å². The van der Waals surface area contributed by atoms with Crippen molar-refractivity contribution in [1.82, 2.24) is 0 Å². The monoisotopic (exact) mass is 592 g/mol. The van der Waals surface area contributed by atoms with E-state index >= 15 is 0 Å². The highest BCUT2D eigenvalue weighted by molar-refractivity contribution is 5.28. The van der Waals surface area contributed by atoms with Gasteiger partial charge >= 0.3 is 0 Å². The van der Waals surface area contributed by atoms with E-state index in [1.165, 1.54) is 12.0 Å². The molecular weight excluding hydrogens is 540 g/mol. The summed E-state index contributed by atoms with van der Waals surface area (Å²) in [7, 11) is 0. The van der Waals surface area contributed by atoms with Crippen molar-refractivity contribution in [3.05, 3.63) is 11.6 Å². The van der Waals surface area contributed by atoms with Gasteiger partial charge in [-0.05, 0) is 73.5 Å². The van der Waals surface area contributed by atoms with Crippen LogP contribution in [0.15, 0.2) is 11.6 Å². The zero-order valence-corrected chi connectivity index (χ0v) is 25.6. The lowest BCUT2D eigenvalue weighted by molar-refractivity contribution is -0.315. The van der Waals surface area contributed by atoms with Crippen molar-refractivity contribution in [2.75, 3.05) is 13.2 Å². The molecule has 7 aliphatic rings. The van der Waals surface area contributed by atoms with Crippen LogP contribution in [0.3, 0.4) is 0 Å². The maximum atomic E-state index is 11.8. The number of aliphatic hydroxyl groups is 5. The molecule has 4 unspecified atom stereocenters. The molecule has 6 fully saturated rings. The number of aliphatic hydroxyl groups excluding tert-OH is 5. The SMILES string of the molecule is C[C@@H]1CC[C@@]2(OC1)O[C@H]1CC3C4CC=C5C[C@H](O[C@@H]6O[C@H](CO)[C@@H](O)[C@H](O)[C@H]6O)C[C@@H](O)[C@]5(C)C4CC[C@]3(C)C1[C@@H]2C. The topological polar surface area (TPSA) is 138 Å². The van der Waals surface area contributed by atoms with Crippen molar-refractivity contribution in [3.8, 4) is 0 Å². The first kappa shape index (κ1) is 30.1. The van der Waals surface area contributed by atoms with Crippen molar-refractivity contribution in [2.45, 2.75) is 134 Å². The first-order valence-electron chi connectivity index (χ1n) is 16.6. The fourth-order valence-electron chi connectivity index (χ4n) is 11.2. The molecule has 9 heteroatoms. The van der Waals surface area contributed by atoms with Crippen LogP contribution in [0.5, 0.6) is 0 Å². The van der Waals surface area contributed by atoms with Crippen LogP contribution in [0.25, 0.3) is 0 Å². The average Bonchev–Trinajstić information content (AvgIpc) is 3.41. The van der Waals surface area contributed by atoms with Crippen LogP contribution in [0.1, 0.15) is 79.1 Å². The first-order chi connectivity index (χ1) is 19.9. The molecule has 0 aromatic heterocycles. The molecule has 17 atom stereocenters. The van der Waals surface area contributed by atoms with Crippen molar-refractivity contribution < 1.29 is 44.5 Å². The van der Waals surface area contributed by atoms with Crippen molar-refractivity contribution in [2.24, 2.45) is 46.3 Å². The number of hydrogen-bond donors (Lipinski definition) is 5. The van der Waals surface area contributed by atoms with Crippen LogP contribution in [0, 0.1) is 46.3 Å². The van der Waals surface area contributed by atoms with E-state index in [2.05, 4.69) is 33.8 Å². The minimum absolute atomic E-state index is 0.206. The molecule has 3 aliphatic heterocycles. The highest BCUT2D eigenvalue weighted by Crippen LogP contribution is 2.70. The van der Waals surface area contributed by atoms with Gasteiger partial charge in [-0.25, -0.2) is 0 Å². The van der Waals surface area contributed by atoms with Gasteiger partial charge < -0.3 is 44.5 Å². The molecule has 7 rings (SSSR count). The lowest BCUT2D eigenvalue weighted by Crippen LogP contribution is -2.60. The zero-order valence-electron chi connectivity index (χ0n) is 25.6. The lowest BCUT2D eigenvalue weighted by atomic mass is 9.46. The second kappa shape index (κ2) is 10.5. The van der Waals surface area contributed by atoms with Crippen LogP contribution < -0.4 is 0 Å². The van der Waals surface area contributed by atoms with Crippen molar-refractivity contribution in [1.29, 1.82) is 0 Å². The molecule has 0 amide bonds. The number of hydrogen-bond acceptors (Lipinski definition) is 9. The fourth-order valence-corrected chi connectivity index (χ4v) is 11.2. The second-order valence-corrected chi connectivity index (χ2v) is 15.6. The quantitative estimate of drug-likeness (QED) is 0.313. The summed E-state index contributed by atoms with van der Waals surface area (Å²) in [4.78, 5) is 0. The van der Waals surface area contributed by atoms with Gasteiger partial charge in [0.15, 0.2) is 12.1 Å². The molecule has 9 nitrogen and oxygen atoms in total. The summed E-state index contributed by atoms with van der Waals surface area (Å²) < 4.78 is 25.1. The molecule has 0 aromatic carbocycles. The maximum absolute atomic E-state index is 11.8. The molecule has 3 heterocycles. The molecule has 42 heavy (non-hydrogen) atoms. The summed E-state index contributed by atoms with van der Waals surface area (Å²) in [6, 6.07) is 0. The van der Waals surface area contributed by atoms with E-state index in [-0.39, 0.29) is 16.9 Å². The zero-order chi connectivity index (χ0) is 29.8. The molecular formula is C33H52O9. The second-order valence-electron chi connectivity index (χ2n) is 15.6. The largest absolute Gasteiger partial charge is 0.394 e. The fraction of sp³-hybridized carbons (Fsp3) is 0.939. The summed E-state index contributed by atoms with van der Waals surface area (Å²) >= 11 is 0. The van der Waals surface area contributed by atoms with Crippen LogP contribution in [-0.2, 0) is 18.9 Å². The number of ether oxygens (including phenoxy) is 4. The van der Waals surface area contributed by atoms with Gasteiger partial charge in [-0.3, -0.25) is 0 Å². The van der Waals surface area contributed by atoms with Gasteiger partial charge in [0.25, 0.3) is 0 Å². The van der Waals surface area contributed by atoms with E-state index < -0.39 is 55.3 Å². The van der Waals surface area contributed by atoms with E-state index in [0.29, 0.717) is 48.3 Å². The van der Waals surface area contributed by atoms with Gasteiger partial charge in [-0.2, -0.15) is 0 Å². The Morgan fingerprint density at radius 2 is 1.76 bits per heavy atom. The average molecular weight is 593 g/mol. The molecule has 4 aliphatic carbocycles. The van der Waals surface area contributed by atoms with Crippen LogP contribution >= 0.6 is 0 Å². The predicted molar refractivity (Wildman–Crippen MR) is 152 cm³/mol. The summed E-state index contributed by atoms with van der Waals surface area (Å²) in [6.45, 7) is 9.70. The standard InChI is InChI=1S/C33H52O9/c1-16-7-10-33(39-15-16)17(2)26-23(42-33)13-22-20-6-5-18-11-19(40-30-29(38)28(37)27(36)24(14-34)41-30)12-25(35)32(18,4)21(20)8-9-31(22,26)3/h5,16-17,19-30,34-38H,6-15H2,1-4H3/t16-,17+,19+,20?,21?,22?,23+,24-,25-,26?,27-,28+,29-,30-,31+,32+,33-/m1/s1. The van der Waals surface area contributed by atoms with Gasteiger partial charge in [0.1, 0.15) is 24.4 Å². The normalized spacial score (nSPS) is 59.0. The minimum Gasteiger partial charge on any atom is -0.394 e. The molecule has 1 spiro atoms. The van der Waals surface area contributed by atoms with Gasteiger partial charge in [-0.15, -0.1) is 0 Å². The molecule has 0 aromatic rings. The Labute approximate surface area is 249 Å². The number of rotatable bonds is 3. The van der Waals surface area contributed by atoms with E-state index in [0.717, 1.165) is 38.7 Å². The number of allylic oxidation sites excluding steroid dienone is 1. The Kier molecular flexibility index (Phi) is 7.48. The van der Waals surface area contributed by atoms with Gasteiger partial charge in [0.05, 0.1) is 31.5 Å². The Morgan fingerprint density at radius 1 is 0.976 bits per heavy atom. The molecule has 5 N–H and O–H groups in total. The number of fused-ring (bicyclic) bond motifs is 7. The van der Waals surface area contributed by atoms with Crippen LogP contribution in [0.4, 0.5) is 0 Å². The minimum atomic E-state index is -1.48. The Balaban J connectivity index is 1.08. The summed E-state index contributed by atoms with van der Waals surface area (Å²) in [5.74, 6) is 2.51. The summed E-state index contributed by atoms with van der Waals surface area (Å²) in [6.07, 6.45) is 2.51. The van der Waals surface area contributed by atoms with Crippen molar-refractivity contribution >= 4 is 0 Å². The van der Waals surface area contributed by atoms with Crippen LogP contribution in [-0.4, -0.2) is 93.6 Å². The summed E-state index contributed by atoms with van der Waals surface area (Å²) in [5, 5.41) is 52.2. The smallest absolute Gasteiger partial charge is 0.186 e. The van der Waals surface area contributed by atoms with E-state index in [1.807, 2.05) is 0 Å². The Hall–Kier alpha value is -0.620. The molecule has 3 saturated heterocycles. The van der Waals surface area contributed by atoms with Crippen LogP contribution in [0.2, 0.25) is 0 Å². The molecule has 238 valence electrons. The van der Waals surface area contributed by atoms with Gasteiger partial charge in [0, 0.05) is 24.2 Å². The van der Waals surface area contributed by atoms with E-state index in [9.17, 15) is 25.5 Å². The molecule has 3 saturated carbocycles. The van der Waals surface area contributed by atoms with E-state index in [4.69, 9.17) is 18.9 Å². The first-order valence-corrected chi connectivity index (χ1v) is 16.6. The summed E-state index contributed by atoms with van der Waals surface area (Å²) in [5.41, 5.74) is 1.08. The lowest BCUT2D eigenvalue weighted by Gasteiger charge is -2.60. The third-order valence-electron chi connectivity index (χ3n) is 13.6. The highest BCUT2D eigenvalue weighted by Gasteiger charge is 2.69. The predicted octanol–water partition coefficient (Wildman–Crippen LogP) is 2.51. The Bertz CT molecular complexity index is 1060. The molecule has 0 bridgehead atoms. The third-order valence-corrected chi connectivity index (χ3v) is 13.6. The van der Waals surface area contributed by atoms with Crippen molar-refractivity contribution in [3.63, 3.8) is 0 Å². The Morgan fingerprint density at radius 3 is 2.48 bits per heavy atom. The van der Waals surface area contributed by atoms with E-state index in [1.54, 1.807) is 0 Å².